The second kappa shape index (κ2) is 10.2. The van der Waals surface area contributed by atoms with Crippen LogP contribution < -0.4 is 0 Å². The summed E-state index contributed by atoms with van der Waals surface area (Å²) in [5.74, 6) is -2.70. The van der Waals surface area contributed by atoms with E-state index >= 15 is 0 Å². The Labute approximate surface area is 160 Å². The van der Waals surface area contributed by atoms with Gasteiger partial charge in [0.05, 0.1) is 40.0 Å². The predicted octanol–water partition coefficient (Wildman–Crippen LogP) is 4.62. The van der Waals surface area contributed by atoms with Crippen molar-refractivity contribution < 1.29 is 19.1 Å². The Morgan fingerprint density at radius 1 is 1.28 bits per heavy atom. The first kappa shape index (κ1) is 21.2. The van der Waals surface area contributed by atoms with Crippen LogP contribution in [0.3, 0.4) is 0 Å². The minimum atomic E-state index is -1.22. The van der Waals surface area contributed by atoms with Crippen molar-refractivity contribution in [2.45, 2.75) is 20.3 Å². The Balaban J connectivity index is 3.23. The Hall–Kier alpha value is -1.81. The fourth-order valence-corrected chi connectivity index (χ4v) is 2.41. The van der Waals surface area contributed by atoms with E-state index in [4.69, 9.17) is 49.5 Å². The highest BCUT2D eigenvalue weighted by Gasteiger charge is 2.23. The van der Waals surface area contributed by atoms with Crippen molar-refractivity contribution in [2.24, 2.45) is 10.9 Å². The summed E-state index contributed by atoms with van der Waals surface area (Å²) in [7, 11) is 0. The largest absolute Gasteiger partial charge is 0.465 e. The number of carbonyl (C=O) groups excluding carboxylic acids is 2. The van der Waals surface area contributed by atoms with Gasteiger partial charge in [0, 0.05) is 6.21 Å². The van der Waals surface area contributed by atoms with Gasteiger partial charge in [-0.05, 0) is 19.4 Å². The quantitative estimate of drug-likeness (QED) is 0.375. The third-order valence-electron chi connectivity index (χ3n) is 2.82. The molecular formula is C16H15Cl3N2O4. The maximum absolute atomic E-state index is 12.1. The number of ether oxygens (including phenoxy) is 2. The summed E-state index contributed by atoms with van der Waals surface area (Å²) in [6.07, 6.45) is 1.68. The van der Waals surface area contributed by atoms with E-state index in [2.05, 4.69) is 4.99 Å². The summed E-state index contributed by atoms with van der Waals surface area (Å²) >= 11 is 18.2. The molecule has 0 heterocycles. The molecule has 0 aliphatic carbocycles. The molecule has 1 rings (SSSR count). The van der Waals surface area contributed by atoms with Gasteiger partial charge < -0.3 is 9.47 Å². The topological polar surface area (TPSA) is 88.8 Å². The van der Waals surface area contributed by atoms with Gasteiger partial charge in [-0.25, -0.2) is 4.79 Å². The van der Waals surface area contributed by atoms with Crippen molar-refractivity contribution in [3.8, 4) is 6.07 Å². The van der Waals surface area contributed by atoms with E-state index < -0.39 is 17.9 Å². The standard InChI is InChI=1S/C16H15Cl3N2O4/c1-3-5-25-16(23)12-13(18)10(17)6-11(14(12)19)21-8-9(7-20)15(22)24-4-2/h6,8-9H,3-5H2,1-2H3. The van der Waals surface area contributed by atoms with Crippen LogP contribution in [0, 0.1) is 17.2 Å². The van der Waals surface area contributed by atoms with Gasteiger partial charge in [0.15, 0.2) is 5.92 Å². The normalized spacial score (nSPS) is 11.8. The number of rotatable bonds is 7. The molecule has 0 radical (unpaired) electrons. The van der Waals surface area contributed by atoms with Crippen molar-refractivity contribution >= 4 is 58.6 Å². The van der Waals surface area contributed by atoms with E-state index in [-0.39, 0.29) is 39.5 Å². The summed E-state index contributed by atoms with van der Waals surface area (Å²) in [5.41, 5.74) is -0.0508. The first-order valence-corrected chi connectivity index (χ1v) is 8.45. The van der Waals surface area contributed by atoms with Gasteiger partial charge in [-0.3, -0.25) is 9.79 Å². The van der Waals surface area contributed by atoms with Crippen LogP contribution in [-0.2, 0) is 14.3 Å². The average molecular weight is 406 g/mol. The molecule has 0 amide bonds. The molecule has 0 aliphatic heterocycles. The molecule has 0 saturated heterocycles. The van der Waals surface area contributed by atoms with E-state index in [0.717, 1.165) is 6.21 Å². The zero-order chi connectivity index (χ0) is 19.0. The molecule has 0 spiro atoms. The minimum Gasteiger partial charge on any atom is -0.465 e. The molecule has 1 unspecified atom stereocenters. The van der Waals surface area contributed by atoms with Crippen LogP contribution >= 0.6 is 34.8 Å². The fourth-order valence-electron chi connectivity index (χ4n) is 1.66. The van der Waals surface area contributed by atoms with Crippen molar-refractivity contribution in [2.75, 3.05) is 13.2 Å². The lowest BCUT2D eigenvalue weighted by Crippen LogP contribution is -2.17. The first-order chi connectivity index (χ1) is 11.9. The summed E-state index contributed by atoms with van der Waals surface area (Å²) in [6, 6.07) is 3.07. The highest BCUT2D eigenvalue weighted by Crippen LogP contribution is 2.39. The van der Waals surface area contributed by atoms with E-state index in [1.54, 1.807) is 13.0 Å². The van der Waals surface area contributed by atoms with Gasteiger partial charge in [-0.15, -0.1) is 0 Å². The molecule has 0 aromatic heterocycles. The molecule has 1 atom stereocenters. The zero-order valence-electron chi connectivity index (χ0n) is 13.5. The van der Waals surface area contributed by atoms with Gasteiger partial charge in [-0.2, -0.15) is 5.26 Å². The Bertz CT molecular complexity index is 729. The molecule has 0 saturated carbocycles. The lowest BCUT2D eigenvalue weighted by atomic mass is 10.1. The van der Waals surface area contributed by atoms with Crippen molar-refractivity contribution in [1.82, 2.24) is 0 Å². The maximum atomic E-state index is 12.1. The van der Waals surface area contributed by atoms with E-state index in [0.29, 0.717) is 6.42 Å². The number of carbonyl (C=O) groups is 2. The molecule has 0 bridgehead atoms. The number of esters is 2. The molecule has 0 N–H and O–H groups in total. The first-order valence-electron chi connectivity index (χ1n) is 7.32. The van der Waals surface area contributed by atoms with E-state index in [1.807, 2.05) is 6.92 Å². The zero-order valence-corrected chi connectivity index (χ0v) is 15.8. The van der Waals surface area contributed by atoms with Crippen molar-refractivity contribution in [1.29, 1.82) is 5.26 Å². The average Bonchev–Trinajstić information content (AvgIpc) is 2.58. The number of nitriles is 1. The number of hydrogen-bond acceptors (Lipinski definition) is 6. The highest BCUT2D eigenvalue weighted by atomic mass is 35.5. The summed E-state index contributed by atoms with van der Waals surface area (Å²) < 4.78 is 9.78. The van der Waals surface area contributed by atoms with Crippen LogP contribution in [0.5, 0.6) is 0 Å². The molecular weight excluding hydrogens is 391 g/mol. The minimum absolute atomic E-state index is 0.0336. The van der Waals surface area contributed by atoms with Crippen LogP contribution in [-0.4, -0.2) is 31.4 Å². The highest BCUT2D eigenvalue weighted by molar-refractivity contribution is 6.47. The molecule has 0 fully saturated rings. The van der Waals surface area contributed by atoms with Crippen LogP contribution in [0.25, 0.3) is 0 Å². The molecule has 0 aliphatic rings. The monoisotopic (exact) mass is 404 g/mol. The lowest BCUT2D eigenvalue weighted by Gasteiger charge is -2.11. The van der Waals surface area contributed by atoms with E-state index in [9.17, 15) is 9.59 Å². The summed E-state index contributed by atoms with van der Waals surface area (Å²) in [4.78, 5) is 27.7. The smallest absolute Gasteiger partial charge is 0.341 e. The third kappa shape index (κ3) is 5.60. The number of nitrogens with zero attached hydrogens (tertiary/aromatic N) is 2. The molecule has 1 aromatic rings. The van der Waals surface area contributed by atoms with Crippen LogP contribution in [0.15, 0.2) is 11.1 Å². The number of benzene rings is 1. The summed E-state index contributed by atoms with van der Waals surface area (Å²) in [5, 5.41) is 8.89. The second-order valence-corrected chi connectivity index (χ2v) is 5.82. The van der Waals surface area contributed by atoms with Gasteiger partial charge in [0.1, 0.15) is 5.56 Å². The van der Waals surface area contributed by atoms with Crippen LogP contribution in [0.2, 0.25) is 15.1 Å². The Morgan fingerprint density at radius 3 is 2.52 bits per heavy atom. The second-order valence-electron chi connectivity index (χ2n) is 4.65. The molecule has 6 nitrogen and oxygen atoms in total. The summed E-state index contributed by atoms with van der Waals surface area (Å²) in [6.45, 7) is 3.77. The van der Waals surface area contributed by atoms with Gasteiger partial charge in [-0.1, -0.05) is 41.7 Å². The number of halogens is 3. The SMILES string of the molecule is CCCOC(=O)c1c(Cl)c(Cl)cc(N=CC(C#N)C(=O)OCC)c1Cl. The Kier molecular flexibility index (Phi) is 8.70. The molecule has 134 valence electrons. The lowest BCUT2D eigenvalue weighted by molar-refractivity contribution is -0.143. The maximum Gasteiger partial charge on any atom is 0.341 e. The predicted molar refractivity (Wildman–Crippen MR) is 95.9 cm³/mol. The number of aliphatic imine (C=N–C) groups is 1. The van der Waals surface area contributed by atoms with Crippen LogP contribution in [0.1, 0.15) is 30.6 Å². The van der Waals surface area contributed by atoms with Gasteiger partial charge >= 0.3 is 11.9 Å². The fraction of sp³-hybridized carbons (Fsp3) is 0.375. The van der Waals surface area contributed by atoms with E-state index in [1.165, 1.54) is 6.07 Å². The molecule has 1 aromatic carbocycles. The number of hydrogen-bond donors (Lipinski definition) is 0. The van der Waals surface area contributed by atoms with Crippen molar-refractivity contribution in [3.63, 3.8) is 0 Å². The molecule has 25 heavy (non-hydrogen) atoms. The Morgan fingerprint density at radius 2 is 1.96 bits per heavy atom. The molecule has 9 heteroatoms. The van der Waals surface area contributed by atoms with Gasteiger partial charge in [0.25, 0.3) is 0 Å². The van der Waals surface area contributed by atoms with Crippen LogP contribution in [0.4, 0.5) is 5.69 Å². The third-order valence-corrected chi connectivity index (χ3v) is 3.99. The van der Waals surface area contributed by atoms with Crippen molar-refractivity contribution in [3.05, 3.63) is 26.7 Å². The van der Waals surface area contributed by atoms with Gasteiger partial charge in [0.2, 0.25) is 0 Å².